The number of carbonyl (C=O) groups excluding carboxylic acids is 2. The van der Waals surface area contributed by atoms with E-state index in [0.717, 1.165) is 10.4 Å². The predicted octanol–water partition coefficient (Wildman–Crippen LogP) is 3.18. The van der Waals surface area contributed by atoms with Crippen LogP contribution < -0.4 is 10.4 Å². The van der Waals surface area contributed by atoms with Gasteiger partial charge in [0, 0.05) is 13.8 Å². The third kappa shape index (κ3) is 5.09. The number of carbonyl (C=O) groups is 2. The molecule has 1 aliphatic heterocycles. The Labute approximate surface area is 202 Å². The third-order valence-electron chi connectivity index (χ3n) is 6.04. The Balaban J connectivity index is 2.08. The maximum Gasteiger partial charge on any atom is 0.304 e. The van der Waals surface area contributed by atoms with Crippen LogP contribution in [0.5, 0.6) is 0 Å². The summed E-state index contributed by atoms with van der Waals surface area (Å²) in [5.41, 5.74) is -1.40. The number of esters is 2. The van der Waals surface area contributed by atoms with Crippen LogP contribution in [-0.4, -0.2) is 44.9 Å². The Bertz CT molecular complexity index is 1000. The number of hydrogen-bond donors (Lipinski definition) is 0. The summed E-state index contributed by atoms with van der Waals surface area (Å²) in [6.07, 6.45) is 4.35. The fourth-order valence-corrected chi connectivity index (χ4v) is 9.18. The zero-order valence-corrected chi connectivity index (χ0v) is 21.4. The molecule has 2 aromatic rings. The van der Waals surface area contributed by atoms with Gasteiger partial charge < -0.3 is 18.6 Å². The Kier molecular flexibility index (Phi) is 7.66. The van der Waals surface area contributed by atoms with E-state index in [9.17, 15) is 9.59 Å². The molecule has 1 fully saturated rings. The number of terminal acetylenes is 1. The fraction of sp³-hybridized carbons (Fsp3) is 0.407. The molecule has 1 aliphatic rings. The molecule has 2 aromatic carbocycles. The van der Waals surface area contributed by atoms with E-state index < -0.39 is 38.3 Å². The van der Waals surface area contributed by atoms with E-state index in [-0.39, 0.29) is 18.1 Å². The van der Waals surface area contributed by atoms with Gasteiger partial charge in [0.15, 0.2) is 11.7 Å². The summed E-state index contributed by atoms with van der Waals surface area (Å²) in [4.78, 5) is 23.4. The second-order valence-corrected chi connectivity index (χ2v) is 13.8. The van der Waals surface area contributed by atoms with Crippen molar-refractivity contribution in [2.24, 2.45) is 0 Å². The van der Waals surface area contributed by atoms with Crippen LogP contribution in [0.1, 0.15) is 41.0 Å². The zero-order valence-electron chi connectivity index (χ0n) is 20.4. The van der Waals surface area contributed by atoms with Gasteiger partial charge in [0.2, 0.25) is 6.29 Å². The first kappa shape index (κ1) is 25.7. The number of benzene rings is 2. The fourth-order valence-electron chi connectivity index (χ4n) is 4.60. The van der Waals surface area contributed by atoms with Gasteiger partial charge in [0.05, 0.1) is 13.0 Å². The van der Waals surface area contributed by atoms with Crippen LogP contribution in [0, 0.1) is 12.3 Å². The lowest BCUT2D eigenvalue weighted by Crippen LogP contribution is -2.68. The molecular formula is C27H32O6Si. The lowest BCUT2D eigenvalue weighted by atomic mass is 9.99. The van der Waals surface area contributed by atoms with E-state index in [0.29, 0.717) is 0 Å². The number of ether oxygens (including phenoxy) is 3. The molecular weight excluding hydrogens is 448 g/mol. The van der Waals surface area contributed by atoms with Gasteiger partial charge in [-0.2, -0.15) is 0 Å². The van der Waals surface area contributed by atoms with Gasteiger partial charge in [-0.25, -0.2) is 0 Å². The topological polar surface area (TPSA) is 71.1 Å². The molecule has 0 spiro atoms. The van der Waals surface area contributed by atoms with Crippen molar-refractivity contribution >= 4 is 30.6 Å². The van der Waals surface area contributed by atoms with Gasteiger partial charge in [-0.3, -0.25) is 9.59 Å². The third-order valence-corrected chi connectivity index (χ3v) is 11.0. The minimum absolute atomic E-state index is 0.0352. The Morgan fingerprint density at radius 2 is 1.50 bits per heavy atom. The molecule has 0 bridgehead atoms. The van der Waals surface area contributed by atoms with E-state index >= 15 is 0 Å². The first-order valence-electron chi connectivity index (χ1n) is 11.3. The summed E-state index contributed by atoms with van der Waals surface area (Å²) in [7, 11) is -2.93. The average molecular weight is 481 g/mol. The molecule has 0 N–H and O–H groups in total. The van der Waals surface area contributed by atoms with E-state index in [4.69, 9.17) is 25.1 Å². The monoisotopic (exact) mass is 480 g/mol. The van der Waals surface area contributed by atoms with Gasteiger partial charge >= 0.3 is 11.9 Å². The first-order chi connectivity index (χ1) is 16.0. The van der Waals surface area contributed by atoms with Crippen LogP contribution in [0.25, 0.3) is 0 Å². The first-order valence-corrected chi connectivity index (χ1v) is 13.2. The molecule has 180 valence electrons. The van der Waals surface area contributed by atoms with Crippen molar-refractivity contribution in [2.45, 2.75) is 64.1 Å². The van der Waals surface area contributed by atoms with Gasteiger partial charge in [0.1, 0.15) is 0 Å². The summed E-state index contributed by atoms with van der Waals surface area (Å²) in [6, 6.07) is 20.2. The SMILES string of the molecule is C#C[C@]1(CO[Si](c2ccccc2)(c2ccccc2)C(C)(C)C)O[C@@H](OC(C)=O)C[C@@H]1OC(C)=O. The molecule has 6 nitrogen and oxygen atoms in total. The molecule has 1 heterocycles. The second kappa shape index (κ2) is 10.1. The Morgan fingerprint density at radius 1 is 1.00 bits per heavy atom. The van der Waals surface area contributed by atoms with Crippen molar-refractivity contribution in [1.29, 1.82) is 0 Å². The van der Waals surface area contributed by atoms with Crippen LogP contribution >= 0.6 is 0 Å². The van der Waals surface area contributed by atoms with Gasteiger partial charge in [-0.05, 0) is 15.4 Å². The van der Waals surface area contributed by atoms with Crippen LogP contribution in [0.4, 0.5) is 0 Å². The maximum absolute atomic E-state index is 11.8. The zero-order chi connectivity index (χ0) is 25.0. The van der Waals surface area contributed by atoms with Crippen molar-refractivity contribution in [1.82, 2.24) is 0 Å². The van der Waals surface area contributed by atoms with Crippen molar-refractivity contribution < 1.29 is 28.2 Å². The quantitative estimate of drug-likeness (QED) is 0.344. The van der Waals surface area contributed by atoms with Crippen molar-refractivity contribution in [3.05, 3.63) is 60.7 Å². The van der Waals surface area contributed by atoms with E-state index in [1.54, 1.807) is 0 Å². The van der Waals surface area contributed by atoms with Crippen LogP contribution in [0.3, 0.4) is 0 Å². The van der Waals surface area contributed by atoms with Crippen molar-refractivity contribution in [3.8, 4) is 12.3 Å². The highest BCUT2D eigenvalue weighted by molar-refractivity contribution is 6.99. The molecule has 0 unspecified atom stereocenters. The molecule has 3 rings (SSSR count). The highest BCUT2D eigenvalue weighted by Gasteiger charge is 2.56. The van der Waals surface area contributed by atoms with Gasteiger partial charge in [-0.1, -0.05) is 87.4 Å². The summed E-state index contributed by atoms with van der Waals surface area (Å²) >= 11 is 0. The molecule has 34 heavy (non-hydrogen) atoms. The standard InChI is InChI=1S/C27H32O6Si/c1-7-27(24(31-20(2)28)18-25(33-27)32-21(3)29)19-30-34(26(4,5)6,22-14-10-8-11-15-22)23-16-12-9-13-17-23/h1,8-17,24-25H,18-19H2,2-6H3/t24-,25+,27+/m0/s1. The Morgan fingerprint density at radius 3 is 1.91 bits per heavy atom. The molecule has 0 aliphatic carbocycles. The minimum atomic E-state index is -2.93. The highest BCUT2D eigenvalue weighted by Crippen LogP contribution is 2.40. The maximum atomic E-state index is 11.8. The van der Waals surface area contributed by atoms with E-state index in [1.807, 2.05) is 36.4 Å². The van der Waals surface area contributed by atoms with E-state index in [2.05, 4.69) is 51.0 Å². The molecule has 1 saturated heterocycles. The summed E-state index contributed by atoms with van der Waals surface area (Å²) in [5.74, 6) is 1.66. The average Bonchev–Trinajstić information content (AvgIpc) is 3.10. The van der Waals surface area contributed by atoms with Gasteiger partial charge in [-0.15, -0.1) is 6.42 Å². The summed E-state index contributed by atoms with van der Waals surface area (Å²) < 4.78 is 23.8. The molecule has 0 amide bonds. The highest BCUT2D eigenvalue weighted by atomic mass is 28.4. The van der Waals surface area contributed by atoms with Crippen molar-refractivity contribution in [2.75, 3.05) is 6.61 Å². The smallest absolute Gasteiger partial charge is 0.304 e. The number of hydrogen-bond acceptors (Lipinski definition) is 6. The predicted molar refractivity (Wildman–Crippen MR) is 132 cm³/mol. The molecule has 0 radical (unpaired) electrons. The van der Waals surface area contributed by atoms with Crippen LogP contribution in [0.15, 0.2) is 60.7 Å². The second-order valence-electron chi connectivity index (χ2n) is 9.48. The minimum Gasteiger partial charge on any atom is -0.458 e. The number of rotatable bonds is 7. The lowest BCUT2D eigenvalue weighted by molar-refractivity contribution is -0.186. The Hall–Kier alpha value is -2.92. The normalized spacial score (nSPS) is 22.6. The van der Waals surface area contributed by atoms with Gasteiger partial charge in [0.25, 0.3) is 8.32 Å². The van der Waals surface area contributed by atoms with Crippen molar-refractivity contribution in [3.63, 3.8) is 0 Å². The summed E-state index contributed by atoms with van der Waals surface area (Å²) in [6.45, 7) is 9.03. The van der Waals surface area contributed by atoms with Crippen LogP contribution in [-0.2, 0) is 28.2 Å². The largest absolute Gasteiger partial charge is 0.458 e. The molecule has 0 saturated carbocycles. The molecule has 7 heteroatoms. The lowest BCUT2D eigenvalue weighted by Gasteiger charge is -2.44. The van der Waals surface area contributed by atoms with Crippen LogP contribution in [0.2, 0.25) is 5.04 Å². The molecule has 0 aromatic heterocycles. The molecule has 3 atom stereocenters. The summed E-state index contributed by atoms with van der Waals surface area (Å²) in [5, 5.41) is 1.88. The van der Waals surface area contributed by atoms with E-state index in [1.165, 1.54) is 13.8 Å².